The first-order valence-electron chi connectivity index (χ1n) is 11.4. The van der Waals surface area contributed by atoms with E-state index in [0.29, 0.717) is 0 Å². The van der Waals surface area contributed by atoms with Crippen molar-refractivity contribution in [2.24, 2.45) is 20.5 Å². The molecule has 0 N–H and O–H groups in total. The Morgan fingerprint density at radius 3 is 1.85 bits per heavy atom. The molecule has 0 aliphatic rings. The Morgan fingerprint density at radius 1 is 0.667 bits per heavy atom. The lowest BCUT2D eigenvalue weighted by molar-refractivity contribution is 0.309. The second-order valence-corrected chi connectivity index (χ2v) is 9.97. The van der Waals surface area contributed by atoms with Crippen LogP contribution in [0.15, 0.2) is 81.1 Å². The van der Waals surface area contributed by atoms with Crippen molar-refractivity contribution in [3.63, 3.8) is 0 Å². The SMILES string of the molecule is CCCCOc1ccc(N=Nc2ccc(N=Nc3cc4sc(CCCC)cc4s3)cc2)cc1. The van der Waals surface area contributed by atoms with Gasteiger partial charge in [-0.05, 0) is 79.9 Å². The molecule has 5 nitrogen and oxygen atoms in total. The first kappa shape index (κ1) is 23.3. The molecule has 0 amide bonds. The number of ether oxygens (including phenoxy) is 1. The average molecular weight is 477 g/mol. The van der Waals surface area contributed by atoms with E-state index >= 15 is 0 Å². The lowest BCUT2D eigenvalue weighted by Gasteiger charge is -2.04. The van der Waals surface area contributed by atoms with Crippen LogP contribution in [0.5, 0.6) is 5.75 Å². The van der Waals surface area contributed by atoms with Crippen molar-refractivity contribution >= 4 is 54.1 Å². The summed E-state index contributed by atoms with van der Waals surface area (Å²) in [5.41, 5.74) is 2.36. The number of aryl methyl sites for hydroxylation is 1. The van der Waals surface area contributed by atoms with Gasteiger partial charge in [-0.25, -0.2) is 0 Å². The van der Waals surface area contributed by atoms with Crippen LogP contribution in [0, 0.1) is 0 Å². The second-order valence-electron chi connectivity index (χ2n) is 7.74. The molecular formula is C26H28N4OS2. The van der Waals surface area contributed by atoms with Gasteiger partial charge in [0.05, 0.1) is 23.7 Å². The van der Waals surface area contributed by atoms with Crippen molar-refractivity contribution in [2.75, 3.05) is 6.61 Å². The lowest BCUT2D eigenvalue weighted by atomic mass is 10.2. The summed E-state index contributed by atoms with van der Waals surface area (Å²) in [4.78, 5) is 1.46. The normalized spacial score (nSPS) is 11.8. The number of hydrogen-bond donors (Lipinski definition) is 0. The summed E-state index contributed by atoms with van der Waals surface area (Å²) in [7, 11) is 0. The summed E-state index contributed by atoms with van der Waals surface area (Å²) in [6.45, 7) is 5.12. The Bertz CT molecular complexity index is 1180. The van der Waals surface area contributed by atoms with Gasteiger partial charge in [0, 0.05) is 14.3 Å². The highest BCUT2D eigenvalue weighted by Gasteiger charge is 2.06. The highest BCUT2D eigenvalue weighted by Crippen LogP contribution is 2.38. The molecular weight excluding hydrogens is 448 g/mol. The van der Waals surface area contributed by atoms with E-state index < -0.39 is 0 Å². The largest absolute Gasteiger partial charge is 0.494 e. The average Bonchev–Trinajstić information content (AvgIpc) is 3.40. The third-order valence-electron chi connectivity index (χ3n) is 5.02. The molecule has 2 heterocycles. The monoisotopic (exact) mass is 476 g/mol. The number of unbranched alkanes of at least 4 members (excludes halogenated alkanes) is 2. The number of benzene rings is 2. The molecule has 0 atom stereocenters. The van der Waals surface area contributed by atoms with E-state index in [0.717, 1.165) is 47.3 Å². The van der Waals surface area contributed by atoms with Gasteiger partial charge in [0.25, 0.3) is 0 Å². The molecule has 0 saturated heterocycles. The summed E-state index contributed by atoms with van der Waals surface area (Å²) >= 11 is 3.56. The zero-order valence-electron chi connectivity index (χ0n) is 19.0. The molecule has 0 aliphatic carbocycles. The highest BCUT2D eigenvalue weighted by molar-refractivity contribution is 7.29. The van der Waals surface area contributed by atoms with Crippen molar-refractivity contribution in [1.82, 2.24) is 0 Å². The van der Waals surface area contributed by atoms with Crippen molar-refractivity contribution in [3.05, 3.63) is 65.5 Å². The van der Waals surface area contributed by atoms with Gasteiger partial charge < -0.3 is 4.74 Å². The fourth-order valence-corrected chi connectivity index (χ4v) is 5.43. The third-order valence-corrected chi connectivity index (χ3v) is 7.26. The lowest BCUT2D eigenvalue weighted by Crippen LogP contribution is -1.95. The minimum atomic E-state index is 0.742. The minimum absolute atomic E-state index is 0.742. The maximum Gasteiger partial charge on any atom is 0.140 e. The zero-order chi connectivity index (χ0) is 22.9. The Kier molecular flexibility index (Phi) is 8.33. The molecule has 0 fully saturated rings. The third kappa shape index (κ3) is 6.79. The Morgan fingerprint density at radius 2 is 1.24 bits per heavy atom. The molecule has 4 rings (SSSR count). The van der Waals surface area contributed by atoms with Crippen LogP contribution >= 0.6 is 22.7 Å². The van der Waals surface area contributed by atoms with E-state index in [1.54, 1.807) is 11.3 Å². The topological polar surface area (TPSA) is 58.7 Å². The van der Waals surface area contributed by atoms with Crippen molar-refractivity contribution < 1.29 is 4.74 Å². The molecule has 0 radical (unpaired) electrons. The van der Waals surface area contributed by atoms with Gasteiger partial charge >= 0.3 is 0 Å². The fourth-order valence-electron chi connectivity index (χ4n) is 3.15. The summed E-state index contributed by atoms with van der Waals surface area (Å²) in [6.07, 6.45) is 5.83. The summed E-state index contributed by atoms with van der Waals surface area (Å²) in [5, 5.41) is 18.3. The van der Waals surface area contributed by atoms with Gasteiger partial charge in [-0.15, -0.1) is 32.9 Å². The Hall–Kier alpha value is -2.90. The predicted molar refractivity (Wildman–Crippen MR) is 140 cm³/mol. The maximum absolute atomic E-state index is 5.67. The van der Waals surface area contributed by atoms with Crippen LogP contribution < -0.4 is 4.74 Å². The van der Waals surface area contributed by atoms with E-state index in [2.05, 4.69) is 46.4 Å². The van der Waals surface area contributed by atoms with Crippen LogP contribution in [-0.4, -0.2) is 6.61 Å². The van der Waals surface area contributed by atoms with Crippen LogP contribution in [0.3, 0.4) is 0 Å². The zero-order valence-corrected chi connectivity index (χ0v) is 20.7. The van der Waals surface area contributed by atoms with Crippen molar-refractivity contribution in [3.8, 4) is 5.75 Å². The van der Waals surface area contributed by atoms with Gasteiger partial charge in [-0.2, -0.15) is 10.2 Å². The Labute approximate surface area is 202 Å². The van der Waals surface area contributed by atoms with Crippen LogP contribution in [0.2, 0.25) is 0 Å². The van der Waals surface area contributed by atoms with Crippen LogP contribution in [0.25, 0.3) is 9.40 Å². The summed E-state index contributed by atoms with van der Waals surface area (Å²) in [5.74, 6) is 0.861. The maximum atomic E-state index is 5.67. The molecule has 0 saturated carbocycles. The van der Waals surface area contributed by atoms with E-state index in [4.69, 9.17) is 4.74 Å². The molecule has 7 heteroatoms. The first-order chi connectivity index (χ1) is 16.2. The second kappa shape index (κ2) is 11.8. The molecule has 2 aromatic carbocycles. The van der Waals surface area contributed by atoms with Crippen molar-refractivity contribution in [1.29, 1.82) is 0 Å². The molecule has 4 aromatic rings. The van der Waals surface area contributed by atoms with E-state index in [9.17, 15) is 0 Å². The van der Waals surface area contributed by atoms with E-state index in [-0.39, 0.29) is 0 Å². The number of hydrogen-bond acceptors (Lipinski definition) is 7. The van der Waals surface area contributed by atoms with Crippen LogP contribution in [0.1, 0.15) is 44.4 Å². The fraction of sp³-hybridized carbons (Fsp3) is 0.308. The van der Waals surface area contributed by atoms with Crippen LogP contribution in [0.4, 0.5) is 22.1 Å². The minimum Gasteiger partial charge on any atom is -0.494 e. The molecule has 0 spiro atoms. The molecule has 0 aliphatic heterocycles. The quantitative estimate of drug-likeness (QED) is 0.157. The van der Waals surface area contributed by atoms with Gasteiger partial charge in [-0.3, -0.25) is 0 Å². The van der Waals surface area contributed by atoms with Gasteiger partial charge in [0.15, 0.2) is 0 Å². The smallest absolute Gasteiger partial charge is 0.140 e. The van der Waals surface area contributed by atoms with E-state index in [1.807, 2.05) is 59.9 Å². The predicted octanol–water partition coefficient (Wildman–Crippen LogP) is 10.3. The number of rotatable bonds is 11. The summed E-state index contributed by atoms with van der Waals surface area (Å²) < 4.78 is 8.28. The molecule has 33 heavy (non-hydrogen) atoms. The Balaban J connectivity index is 1.32. The molecule has 2 aromatic heterocycles. The standard InChI is InChI=1S/C26H28N4OS2/c1-3-5-7-23-17-24-25(32-23)18-26(33-24)30-29-20-10-8-19(9-11-20)27-28-21-12-14-22(15-13-21)31-16-6-4-2/h8-15,17-18H,3-7,16H2,1-2H3. The molecule has 0 bridgehead atoms. The van der Waals surface area contributed by atoms with E-state index in [1.165, 1.54) is 33.5 Å². The summed E-state index contributed by atoms with van der Waals surface area (Å²) in [6, 6.07) is 19.7. The highest BCUT2D eigenvalue weighted by atomic mass is 32.1. The molecule has 0 unspecified atom stereocenters. The van der Waals surface area contributed by atoms with Crippen LogP contribution in [-0.2, 0) is 6.42 Å². The van der Waals surface area contributed by atoms with Gasteiger partial charge in [0.1, 0.15) is 10.8 Å². The van der Waals surface area contributed by atoms with Gasteiger partial charge in [0.2, 0.25) is 0 Å². The van der Waals surface area contributed by atoms with Gasteiger partial charge in [-0.1, -0.05) is 26.7 Å². The number of azo groups is 2. The number of thiophene rings is 2. The number of fused-ring (bicyclic) bond motifs is 1. The number of nitrogens with zero attached hydrogens (tertiary/aromatic N) is 4. The molecule has 170 valence electrons. The first-order valence-corrected chi connectivity index (χ1v) is 13.1. The van der Waals surface area contributed by atoms with Crippen molar-refractivity contribution in [2.45, 2.75) is 46.0 Å².